The SMILES string of the molecule is C[C@H]1CN(c2cccc(-c3nsc(Nc4ccc5[nH]ncc5c4Cl)n3)c2)C(=O)O1. The molecule has 0 radical (unpaired) electrons. The number of nitrogens with one attached hydrogen (secondary N) is 2. The van der Waals surface area contributed by atoms with Crippen LogP contribution < -0.4 is 10.2 Å². The van der Waals surface area contributed by atoms with E-state index in [2.05, 4.69) is 24.9 Å². The Hall–Kier alpha value is -3.17. The monoisotopic (exact) mass is 426 g/mol. The quantitative estimate of drug-likeness (QED) is 0.485. The summed E-state index contributed by atoms with van der Waals surface area (Å²) in [6.07, 6.45) is 1.22. The molecule has 3 heterocycles. The molecule has 29 heavy (non-hydrogen) atoms. The highest BCUT2D eigenvalue weighted by Crippen LogP contribution is 2.33. The molecule has 0 bridgehead atoms. The highest BCUT2D eigenvalue weighted by atomic mass is 35.5. The standard InChI is InChI=1S/C19H15ClN6O2S/c1-10-9-26(19(27)28-10)12-4-2-3-11(7-12)17-23-18(29-25-17)22-15-6-5-14-13(16(15)20)8-21-24-14/h2-8,10H,9H2,1H3,(H,21,24)(H,22,23,25)/t10-/m0/s1. The Morgan fingerprint density at radius 2 is 2.24 bits per heavy atom. The Labute approximate surface area is 174 Å². The van der Waals surface area contributed by atoms with Crippen LogP contribution in [0.2, 0.25) is 5.02 Å². The second kappa shape index (κ2) is 7.02. The van der Waals surface area contributed by atoms with Crippen LogP contribution in [-0.4, -0.2) is 38.3 Å². The smallest absolute Gasteiger partial charge is 0.414 e. The maximum atomic E-state index is 12.0. The van der Waals surface area contributed by atoms with Gasteiger partial charge in [-0.25, -0.2) is 4.79 Å². The third-order valence-electron chi connectivity index (χ3n) is 4.60. The van der Waals surface area contributed by atoms with Gasteiger partial charge in [0.1, 0.15) is 6.10 Å². The Morgan fingerprint density at radius 1 is 1.34 bits per heavy atom. The first-order chi connectivity index (χ1) is 14.1. The largest absolute Gasteiger partial charge is 0.444 e. The van der Waals surface area contributed by atoms with Crippen molar-refractivity contribution in [1.29, 1.82) is 0 Å². The number of cyclic esters (lactones) is 1. The number of fused-ring (bicyclic) bond motifs is 1. The van der Waals surface area contributed by atoms with Gasteiger partial charge in [0.15, 0.2) is 5.82 Å². The predicted octanol–water partition coefficient (Wildman–Crippen LogP) is 4.82. The van der Waals surface area contributed by atoms with E-state index in [1.165, 1.54) is 11.5 Å². The van der Waals surface area contributed by atoms with Crippen molar-refractivity contribution in [3.05, 3.63) is 47.6 Å². The molecule has 2 N–H and O–H groups in total. The molecule has 8 nitrogen and oxygen atoms in total. The molecular formula is C19H15ClN6O2S. The Balaban J connectivity index is 1.40. The summed E-state index contributed by atoms with van der Waals surface area (Å²) in [5.41, 5.74) is 3.17. The number of nitrogens with zero attached hydrogens (tertiary/aromatic N) is 4. The maximum Gasteiger partial charge on any atom is 0.414 e. The fourth-order valence-corrected chi connectivity index (χ4v) is 4.08. The molecule has 2 aromatic carbocycles. The minimum absolute atomic E-state index is 0.128. The summed E-state index contributed by atoms with van der Waals surface area (Å²) in [6.45, 7) is 2.39. The second-order valence-corrected chi connectivity index (χ2v) is 7.79. The van der Waals surface area contributed by atoms with Gasteiger partial charge in [-0.15, -0.1) is 0 Å². The van der Waals surface area contributed by atoms with Crippen LogP contribution in [0.25, 0.3) is 22.3 Å². The van der Waals surface area contributed by atoms with Crippen LogP contribution in [0, 0.1) is 0 Å². The number of hydrogen-bond donors (Lipinski definition) is 2. The molecule has 2 aromatic heterocycles. The molecule has 1 aliphatic rings. The molecule has 0 aliphatic carbocycles. The molecule has 0 saturated carbocycles. The number of aromatic nitrogens is 4. The molecule has 4 aromatic rings. The fourth-order valence-electron chi connectivity index (χ4n) is 3.21. The number of amides is 1. The number of benzene rings is 2. The van der Waals surface area contributed by atoms with E-state index in [4.69, 9.17) is 16.3 Å². The molecule has 10 heteroatoms. The van der Waals surface area contributed by atoms with Gasteiger partial charge in [-0.1, -0.05) is 23.7 Å². The average Bonchev–Trinajstić information content (AvgIpc) is 3.44. The normalized spacial score (nSPS) is 16.4. The van der Waals surface area contributed by atoms with E-state index in [-0.39, 0.29) is 12.2 Å². The molecule has 1 fully saturated rings. The second-order valence-electron chi connectivity index (χ2n) is 6.66. The van der Waals surface area contributed by atoms with Crippen LogP contribution >= 0.6 is 23.1 Å². The molecular weight excluding hydrogens is 412 g/mol. The van der Waals surface area contributed by atoms with Gasteiger partial charge in [-0.3, -0.25) is 10.00 Å². The lowest BCUT2D eigenvalue weighted by atomic mass is 10.2. The molecule has 1 amide bonds. The maximum absolute atomic E-state index is 12.0. The van der Waals surface area contributed by atoms with Crippen molar-refractivity contribution in [3.8, 4) is 11.4 Å². The van der Waals surface area contributed by atoms with Gasteiger partial charge in [0.25, 0.3) is 0 Å². The Bertz CT molecular complexity index is 1220. The van der Waals surface area contributed by atoms with Crippen molar-refractivity contribution in [2.45, 2.75) is 13.0 Å². The molecule has 1 saturated heterocycles. The number of carbonyl (C=O) groups excluding carboxylic acids is 1. The summed E-state index contributed by atoms with van der Waals surface area (Å²) in [7, 11) is 0. The molecule has 1 atom stereocenters. The zero-order valence-electron chi connectivity index (χ0n) is 15.2. The van der Waals surface area contributed by atoms with Gasteiger partial charge < -0.3 is 10.1 Å². The minimum atomic E-state index is -0.340. The lowest BCUT2D eigenvalue weighted by molar-refractivity contribution is 0.150. The first kappa shape index (κ1) is 17.9. The van der Waals surface area contributed by atoms with Crippen molar-refractivity contribution in [2.75, 3.05) is 16.8 Å². The van der Waals surface area contributed by atoms with E-state index in [1.54, 1.807) is 11.1 Å². The van der Waals surface area contributed by atoms with Crippen LogP contribution in [-0.2, 0) is 4.74 Å². The number of carbonyl (C=O) groups is 1. The number of hydrogen-bond acceptors (Lipinski definition) is 7. The van der Waals surface area contributed by atoms with E-state index >= 15 is 0 Å². The number of halogens is 1. The topological polar surface area (TPSA) is 96.0 Å². The zero-order chi connectivity index (χ0) is 20.0. The lowest BCUT2D eigenvalue weighted by Gasteiger charge is -2.13. The van der Waals surface area contributed by atoms with E-state index in [9.17, 15) is 4.79 Å². The average molecular weight is 427 g/mol. The molecule has 0 unspecified atom stereocenters. The van der Waals surface area contributed by atoms with E-state index in [1.807, 2.05) is 43.3 Å². The minimum Gasteiger partial charge on any atom is -0.444 e. The highest BCUT2D eigenvalue weighted by molar-refractivity contribution is 7.10. The van der Waals surface area contributed by atoms with E-state index < -0.39 is 0 Å². The summed E-state index contributed by atoms with van der Waals surface area (Å²) < 4.78 is 9.65. The van der Waals surface area contributed by atoms with Crippen LogP contribution in [0.4, 0.5) is 21.3 Å². The first-order valence-electron chi connectivity index (χ1n) is 8.89. The van der Waals surface area contributed by atoms with Crippen molar-refractivity contribution >= 4 is 56.6 Å². The van der Waals surface area contributed by atoms with Gasteiger partial charge in [0.2, 0.25) is 5.13 Å². The predicted molar refractivity (Wildman–Crippen MR) is 113 cm³/mol. The van der Waals surface area contributed by atoms with Crippen LogP contribution in [0.3, 0.4) is 0 Å². The van der Waals surface area contributed by atoms with Gasteiger partial charge in [-0.2, -0.15) is 14.5 Å². The van der Waals surface area contributed by atoms with Crippen molar-refractivity contribution in [2.24, 2.45) is 0 Å². The summed E-state index contributed by atoms with van der Waals surface area (Å²) >= 11 is 7.70. The van der Waals surface area contributed by atoms with Crippen molar-refractivity contribution in [3.63, 3.8) is 0 Å². The number of anilines is 3. The van der Waals surface area contributed by atoms with Gasteiger partial charge in [0.05, 0.1) is 29.0 Å². The number of ether oxygens (including phenoxy) is 1. The Morgan fingerprint density at radius 3 is 3.07 bits per heavy atom. The molecule has 1 aliphatic heterocycles. The molecule has 5 rings (SSSR count). The van der Waals surface area contributed by atoms with Crippen LogP contribution in [0.5, 0.6) is 0 Å². The molecule has 0 spiro atoms. The summed E-state index contributed by atoms with van der Waals surface area (Å²) in [6, 6.07) is 11.3. The van der Waals surface area contributed by atoms with Crippen LogP contribution in [0.1, 0.15) is 6.92 Å². The number of aromatic amines is 1. The van der Waals surface area contributed by atoms with Crippen molar-refractivity contribution < 1.29 is 9.53 Å². The summed E-state index contributed by atoms with van der Waals surface area (Å²) in [5, 5.41) is 12.1. The summed E-state index contributed by atoms with van der Waals surface area (Å²) in [5.74, 6) is 0.570. The molecule has 146 valence electrons. The van der Waals surface area contributed by atoms with Gasteiger partial charge >= 0.3 is 6.09 Å². The lowest BCUT2D eigenvalue weighted by Crippen LogP contribution is -2.23. The highest BCUT2D eigenvalue weighted by Gasteiger charge is 2.29. The summed E-state index contributed by atoms with van der Waals surface area (Å²) in [4.78, 5) is 18.2. The third kappa shape index (κ3) is 3.28. The number of rotatable bonds is 4. The fraction of sp³-hybridized carbons (Fsp3) is 0.158. The Kier molecular flexibility index (Phi) is 4.33. The van der Waals surface area contributed by atoms with Gasteiger partial charge in [-0.05, 0) is 31.2 Å². The third-order valence-corrected chi connectivity index (χ3v) is 5.64. The van der Waals surface area contributed by atoms with E-state index in [0.29, 0.717) is 22.5 Å². The van der Waals surface area contributed by atoms with Crippen LogP contribution in [0.15, 0.2) is 42.6 Å². The van der Waals surface area contributed by atoms with Gasteiger partial charge in [0, 0.05) is 28.2 Å². The van der Waals surface area contributed by atoms with Crippen molar-refractivity contribution in [1.82, 2.24) is 19.6 Å². The van der Waals surface area contributed by atoms with E-state index in [0.717, 1.165) is 27.8 Å². The first-order valence-corrected chi connectivity index (χ1v) is 10.0. The zero-order valence-corrected chi connectivity index (χ0v) is 16.8. The number of H-pyrrole nitrogens is 1.